The highest BCUT2D eigenvalue weighted by Gasteiger charge is 2.09. The normalized spacial score (nSPS) is 11.9. The van der Waals surface area contributed by atoms with E-state index in [1.165, 1.54) is 12.1 Å². The summed E-state index contributed by atoms with van der Waals surface area (Å²) in [5, 5.41) is 6.72. The number of aryl methyl sites for hydroxylation is 1. The van der Waals surface area contributed by atoms with Gasteiger partial charge in [0.15, 0.2) is 5.11 Å². The maximum absolute atomic E-state index is 12.2. The molecule has 2 aromatic carbocycles. The van der Waals surface area contributed by atoms with Crippen molar-refractivity contribution in [1.82, 2.24) is 5.32 Å². The van der Waals surface area contributed by atoms with Gasteiger partial charge in [-0.1, -0.05) is 30.3 Å². The Kier molecular flexibility index (Phi) is 5.87. The fraction of sp³-hybridized carbons (Fsp3) is 0.235. The maximum atomic E-state index is 12.2. The predicted octanol–water partition coefficient (Wildman–Crippen LogP) is 4.64. The SMILES string of the molecule is Cc1cc(OC(F)F)ccc1NC(=S)NC(C)c1ccccc1. The lowest BCUT2D eigenvalue weighted by atomic mass is 10.1. The Hall–Kier alpha value is -2.21. The lowest BCUT2D eigenvalue weighted by Crippen LogP contribution is -2.31. The molecule has 3 nitrogen and oxygen atoms in total. The number of benzene rings is 2. The van der Waals surface area contributed by atoms with E-state index in [1.54, 1.807) is 13.0 Å². The van der Waals surface area contributed by atoms with Gasteiger partial charge in [0.1, 0.15) is 5.75 Å². The molecule has 2 N–H and O–H groups in total. The van der Waals surface area contributed by atoms with Crippen molar-refractivity contribution >= 4 is 23.0 Å². The van der Waals surface area contributed by atoms with Crippen LogP contribution in [-0.2, 0) is 0 Å². The molecule has 122 valence electrons. The number of anilines is 1. The first kappa shape index (κ1) is 17.1. The van der Waals surface area contributed by atoms with E-state index in [1.807, 2.05) is 37.3 Å². The number of halogens is 2. The molecule has 0 radical (unpaired) electrons. The number of hydrogen-bond acceptors (Lipinski definition) is 2. The molecule has 0 aliphatic carbocycles. The van der Waals surface area contributed by atoms with E-state index in [-0.39, 0.29) is 11.8 Å². The van der Waals surface area contributed by atoms with Crippen LogP contribution in [0.1, 0.15) is 24.1 Å². The summed E-state index contributed by atoms with van der Waals surface area (Å²) in [7, 11) is 0. The van der Waals surface area contributed by atoms with Crippen LogP contribution in [-0.4, -0.2) is 11.7 Å². The minimum Gasteiger partial charge on any atom is -0.435 e. The van der Waals surface area contributed by atoms with Crippen molar-refractivity contribution in [2.24, 2.45) is 0 Å². The van der Waals surface area contributed by atoms with Gasteiger partial charge in [-0.15, -0.1) is 0 Å². The Morgan fingerprint density at radius 2 is 1.83 bits per heavy atom. The number of ether oxygens (including phenoxy) is 1. The maximum Gasteiger partial charge on any atom is 0.387 e. The van der Waals surface area contributed by atoms with Gasteiger partial charge in [0.25, 0.3) is 0 Å². The van der Waals surface area contributed by atoms with Crippen molar-refractivity contribution in [2.75, 3.05) is 5.32 Å². The molecule has 0 saturated carbocycles. The second-order valence-corrected chi connectivity index (χ2v) is 5.49. The van der Waals surface area contributed by atoms with Crippen LogP contribution in [0, 0.1) is 6.92 Å². The van der Waals surface area contributed by atoms with Gasteiger partial charge in [-0.25, -0.2) is 0 Å². The van der Waals surface area contributed by atoms with Gasteiger partial charge >= 0.3 is 6.61 Å². The van der Waals surface area contributed by atoms with Crippen molar-refractivity contribution in [3.05, 3.63) is 59.7 Å². The Labute approximate surface area is 139 Å². The van der Waals surface area contributed by atoms with Crippen LogP contribution in [0.3, 0.4) is 0 Å². The monoisotopic (exact) mass is 336 g/mol. The van der Waals surface area contributed by atoms with Crippen molar-refractivity contribution in [1.29, 1.82) is 0 Å². The molecule has 6 heteroatoms. The largest absolute Gasteiger partial charge is 0.435 e. The topological polar surface area (TPSA) is 33.3 Å². The summed E-state index contributed by atoms with van der Waals surface area (Å²) in [5.74, 6) is 0.125. The van der Waals surface area contributed by atoms with Gasteiger partial charge in [0.05, 0.1) is 6.04 Å². The highest BCUT2D eigenvalue weighted by Crippen LogP contribution is 2.23. The van der Waals surface area contributed by atoms with E-state index in [2.05, 4.69) is 15.4 Å². The zero-order chi connectivity index (χ0) is 16.8. The molecule has 1 unspecified atom stereocenters. The summed E-state index contributed by atoms with van der Waals surface area (Å²) in [6.45, 7) is 0.974. The average molecular weight is 336 g/mol. The summed E-state index contributed by atoms with van der Waals surface area (Å²) in [6, 6.07) is 14.7. The van der Waals surface area contributed by atoms with Crippen molar-refractivity contribution in [3.63, 3.8) is 0 Å². The Morgan fingerprint density at radius 3 is 2.43 bits per heavy atom. The zero-order valence-corrected chi connectivity index (χ0v) is 13.7. The molecule has 23 heavy (non-hydrogen) atoms. The minimum absolute atomic E-state index is 0.0537. The second kappa shape index (κ2) is 7.87. The molecule has 2 rings (SSSR count). The van der Waals surface area contributed by atoms with E-state index >= 15 is 0 Å². The summed E-state index contributed by atoms with van der Waals surface area (Å²) in [6.07, 6.45) is 0. The number of thiocarbonyl (C=S) groups is 1. The minimum atomic E-state index is -2.83. The predicted molar refractivity (Wildman–Crippen MR) is 92.0 cm³/mol. The molecule has 0 aliphatic heterocycles. The molecule has 1 atom stereocenters. The van der Waals surface area contributed by atoms with Crippen LogP contribution >= 0.6 is 12.2 Å². The first-order valence-electron chi connectivity index (χ1n) is 7.13. The third kappa shape index (κ3) is 5.17. The summed E-state index contributed by atoms with van der Waals surface area (Å²) < 4.78 is 28.8. The van der Waals surface area contributed by atoms with Gasteiger partial charge in [-0.3, -0.25) is 0 Å². The van der Waals surface area contributed by atoms with Crippen LogP contribution in [0.5, 0.6) is 5.75 Å². The van der Waals surface area contributed by atoms with Crippen molar-refractivity contribution in [3.8, 4) is 5.75 Å². The lowest BCUT2D eigenvalue weighted by Gasteiger charge is -2.18. The lowest BCUT2D eigenvalue weighted by molar-refractivity contribution is -0.0498. The summed E-state index contributed by atoms with van der Waals surface area (Å²) >= 11 is 5.30. The Balaban J connectivity index is 1.97. The van der Waals surface area contributed by atoms with Gasteiger partial charge in [-0.05, 0) is 55.4 Å². The average Bonchev–Trinajstić information content (AvgIpc) is 2.50. The Morgan fingerprint density at radius 1 is 1.13 bits per heavy atom. The summed E-state index contributed by atoms with van der Waals surface area (Å²) in [4.78, 5) is 0. The highest BCUT2D eigenvalue weighted by atomic mass is 32.1. The van der Waals surface area contributed by atoms with E-state index in [0.29, 0.717) is 5.11 Å². The van der Waals surface area contributed by atoms with Crippen LogP contribution in [0.25, 0.3) is 0 Å². The number of nitrogens with one attached hydrogen (secondary N) is 2. The van der Waals surface area contributed by atoms with Crippen molar-refractivity contribution < 1.29 is 13.5 Å². The van der Waals surface area contributed by atoms with Gasteiger partial charge < -0.3 is 15.4 Å². The molecule has 0 aromatic heterocycles. The first-order valence-corrected chi connectivity index (χ1v) is 7.54. The summed E-state index contributed by atoms with van der Waals surface area (Å²) in [5.41, 5.74) is 2.62. The zero-order valence-electron chi connectivity index (χ0n) is 12.8. The second-order valence-electron chi connectivity index (χ2n) is 5.09. The van der Waals surface area contributed by atoms with Gasteiger partial charge in [-0.2, -0.15) is 8.78 Å². The number of hydrogen-bond donors (Lipinski definition) is 2. The molecule has 0 fully saturated rings. The molecule has 0 aliphatic rings. The van der Waals surface area contributed by atoms with Crippen LogP contribution < -0.4 is 15.4 Å². The quantitative estimate of drug-likeness (QED) is 0.779. The van der Waals surface area contributed by atoms with Crippen molar-refractivity contribution in [2.45, 2.75) is 26.5 Å². The molecule has 2 aromatic rings. The molecular formula is C17H18F2N2OS. The molecule has 0 spiro atoms. The van der Waals surface area contributed by atoms with Crippen LogP contribution in [0.4, 0.5) is 14.5 Å². The van der Waals surface area contributed by atoms with E-state index in [0.717, 1.165) is 16.8 Å². The first-order chi connectivity index (χ1) is 11.0. The Bertz CT molecular complexity index is 665. The van der Waals surface area contributed by atoms with Crippen LogP contribution in [0.2, 0.25) is 0 Å². The third-order valence-corrected chi connectivity index (χ3v) is 3.54. The highest BCUT2D eigenvalue weighted by molar-refractivity contribution is 7.80. The number of alkyl halides is 2. The van der Waals surface area contributed by atoms with Crippen LogP contribution in [0.15, 0.2) is 48.5 Å². The molecule has 0 saturated heterocycles. The molecule has 0 bridgehead atoms. The van der Waals surface area contributed by atoms with E-state index in [4.69, 9.17) is 12.2 Å². The smallest absolute Gasteiger partial charge is 0.387 e. The molecule has 0 amide bonds. The standard InChI is InChI=1S/C17H18F2N2OS/c1-11-10-14(22-16(18)19)8-9-15(11)21-17(23)20-12(2)13-6-4-3-5-7-13/h3-10,12,16H,1-2H3,(H2,20,21,23). The van der Waals surface area contributed by atoms with E-state index in [9.17, 15) is 8.78 Å². The molecule has 0 heterocycles. The van der Waals surface area contributed by atoms with E-state index < -0.39 is 6.61 Å². The fourth-order valence-corrected chi connectivity index (χ4v) is 2.42. The molecular weight excluding hydrogens is 318 g/mol. The van der Waals surface area contributed by atoms with Gasteiger partial charge in [0, 0.05) is 5.69 Å². The number of rotatable bonds is 5. The third-order valence-electron chi connectivity index (χ3n) is 3.32. The fourth-order valence-electron chi connectivity index (χ4n) is 2.13. The van der Waals surface area contributed by atoms with Gasteiger partial charge in [0.2, 0.25) is 0 Å².